The fraction of sp³-hybridized carbons (Fsp3) is 0.250. The van der Waals surface area contributed by atoms with Crippen LogP contribution in [0, 0.1) is 34.6 Å². The predicted molar refractivity (Wildman–Crippen MR) is 107 cm³/mol. The Balaban J connectivity index is 2.27. The minimum absolute atomic E-state index is 0.0471. The molecule has 3 rings (SSSR count). The van der Waals surface area contributed by atoms with Gasteiger partial charge in [0, 0.05) is 5.92 Å². The summed E-state index contributed by atoms with van der Waals surface area (Å²) in [5.41, 5.74) is 8.23. The Morgan fingerprint density at radius 2 is 1.00 bits per heavy atom. The number of aryl methyl sites for hydroxylation is 5. The van der Waals surface area contributed by atoms with E-state index < -0.39 is 0 Å². The first kappa shape index (κ1) is 18.1. The topological polar surface area (TPSA) is 40.5 Å². The molecule has 2 nitrogen and oxygen atoms in total. The minimum atomic E-state index is 0.0471. The molecule has 2 N–H and O–H groups in total. The molecule has 0 aliphatic rings. The Bertz CT molecular complexity index is 866. The van der Waals surface area contributed by atoms with Gasteiger partial charge >= 0.3 is 0 Å². The average Bonchev–Trinajstić information content (AvgIpc) is 2.57. The summed E-state index contributed by atoms with van der Waals surface area (Å²) in [6.07, 6.45) is 0. The van der Waals surface area contributed by atoms with Crippen LogP contribution < -0.4 is 0 Å². The van der Waals surface area contributed by atoms with Gasteiger partial charge in [-0.25, -0.2) is 0 Å². The van der Waals surface area contributed by atoms with Crippen LogP contribution in [0.1, 0.15) is 50.4 Å². The number of benzene rings is 3. The molecule has 0 aliphatic carbocycles. The molecule has 2 heteroatoms. The van der Waals surface area contributed by atoms with Crippen molar-refractivity contribution in [2.24, 2.45) is 0 Å². The zero-order chi connectivity index (χ0) is 19.0. The molecule has 0 bridgehead atoms. The molecule has 0 fully saturated rings. The van der Waals surface area contributed by atoms with Crippen molar-refractivity contribution in [1.82, 2.24) is 0 Å². The molecule has 26 heavy (non-hydrogen) atoms. The van der Waals surface area contributed by atoms with Gasteiger partial charge < -0.3 is 10.2 Å². The summed E-state index contributed by atoms with van der Waals surface area (Å²) in [7, 11) is 0. The van der Waals surface area contributed by atoms with E-state index in [0.29, 0.717) is 11.5 Å². The molecule has 0 saturated heterocycles. The Hall–Kier alpha value is -2.74. The normalized spacial score (nSPS) is 11.2. The van der Waals surface area contributed by atoms with Crippen molar-refractivity contribution in [3.05, 3.63) is 93.0 Å². The lowest BCUT2D eigenvalue weighted by molar-refractivity contribution is 0.466. The first-order valence-corrected chi connectivity index (χ1v) is 8.94. The third kappa shape index (κ3) is 3.32. The van der Waals surface area contributed by atoms with Gasteiger partial charge in [-0.15, -0.1) is 0 Å². The van der Waals surface area contributed by atoms with Crippen LogP contribution in [0.2, 0.25) is 0 Å². The first-order valence-electron chi connectivity index (χ1n) is 8.94. The second kappa shape index (κ2) is 6.87. The standard InChI is InChI=1S/C24H26O2/c1-14-7-6-8-19(9-14)22(20-10-15(2)23(25)16(3)11-20)21-12-17(4)24(26)18(5)13-21/h6-13,22,25-26H,1-5H3. The predicted octanol–water partition coefficient (Wildman–Crippen LogP) is 5.82. The van der Waals surface area contributed by atoms with Gasteiger partial charge in [-0.1, -0.05) is 54.1 Å². The number of phenols is 2. The van der Waals surface area contributed by atoms with Gasteiger partial charge in [0.2, 0.25) is 0 Å². The Morgan fingerprint density at radius 3 is 1.38 bits per heavy atom. The number of aromatic hydroxyl groups is 2. The highest BCUT2D eigenvalue weighted by atomic mass is 16.3. The highest BCUT2D eigenvalue weighted by molar-refractivity contribution is 5.53. The maximum Gasteiger partial charge on any atom is 0.121 e. The van der Waals surface area contributed by atoms with E-state index in [0.717, 1.165) is 33.4 Å². The second-order valence-electron chi connectivity index (χ2n) is 7.35. The SMILES string of the molecule is Cc1cccc(C(c2cc(C)c(O)c(C)c2)c2cc(C)c(O)c(C)c2)c1. The monoisotopic (exact) mass is 346 g/mol. The zero-order valence-electron chi connectivity index (χ0n) is 16.1. The van der Waals surface area contributed by atoms with Gasteiger partial charge in [0.15, 0.2) is 0 Å². The molecule has 0 radical (unpaired) electrons. The van der Waals surface area contributed by atoms with Crippen molar-refractivity contribution in [1.29, 1.82) is 0 Å². The molecule has 0 spiro atoms. The van der Waals surface area contributed by atoms with Crippen LogP contribution in [-0.2, 0) is 0 Å². The molecule has 0 saturated carbocycles. The zero-order valence-corrected chi connectivity index (χ0v) is 16.1. The van der Waals surface area contributed by atoms with Crippen LogP contribution in [-0.4, -0.2) is 10.2 Å². The molecule has 3 aromatic rings. The van der Waals surface area contributed by atoms with Crippen LogP contribution in [0.5, 0.6) is 11.5 Å². The lowest BCUT2D eigenvalue weighted by atomic mass is 9.82. The smallest absolute Gasteiger partial charge is 0.121 e. The van der Waals surface area contributed by atoms with Crippen molar-refractivity contribution >= 4 is 0 Å². The van der Waals surface area contributed by atoms with Gasteiger partial charge in [-0.2, -0.15) is 0 Å². The summed E-state index contributed by atoms with van der Waals surface area (Å²) in [4.78, 5) is 0. The molecule has 134 valence electrons. The van der Waals surface area contributed by atoms with Gasteiger partial charge in [0.05, 0.1) is 0 Å². The fourth-order valence-electron chi connectivity index (χ4n) is 3.74. The highest BCUT2D eigenvalue weighted by Gasteiger charge is 2.20. The van der Waals surface area contributed by atoms with E-state index in [4.69, 9.17) is 0 Å². The number of rotatable bonds is 3. The van der Waals surface area contributed by atoms with Crippen LogP contribution in [0.15, 0.2) is 48.5 Å². The summed E-state index contributed by atoms with van der Waals surface area (Å²) in [5.74, 6) is 0.760. The van der Waals surface area contributed by atoms with Crippen molar-refractivity contribution in [3.8, 4) is 11.5 Å². The van der Waals surface area contributed by atoms with Crippen molar-refractivity contribution in [2.75, 3.05) is 0 Å². The number of phenolic OH excluding ortho intramolecular Hbond substituents is 2. The highest BCUT2D eigenvalue weighted by Crippen LogP contribution is 2.38. The molecular formula is C24H26O2. The van der Waals surface area contributed by atoms with Crippen LogP contribution in [0.25, 0.3) is 0 Å². The number of hydrogen-bond acceptors (Lipinski definition) is 2. The Labute approximate surface area is 155 Å². The fourth-order valence-corrected chi connectivity index (χ4v) is 3.74. The van der Waals surface area contributed by atoms with Crippen molar-refractivity contribution < 1.29 is 10.2 Å². The molecule has 0 amide bonds. The molecule has 0 aliphatic heterocycles. The Morgan fingerprint density at radius 1 is 0.577 bits per heavy atom. The first-order chi connectivity index (χ1) is 12.3. The van der Waals surface area contributed by atoms with E-state index in [9.17, 15) is 10.2 Å². The third-order valence-corrected chi connectivity index (χ3v) is 5.07. The van der Waals surface area contributed by atoms with Gasteiger partial charge in [-0.05, 0) is 73.6 Å². The van der Waals surface area contributed by atoms with Crippen LogP contribution in [0.3, 0.4) is 0 Å². The third-order valence-electron chi connectivity index (χ3n) is 5.07. The molecule has 0 unspecified atom stereocenters. The minimum Gasteiger partial charge on any atom is -0.507 e. The van der Waals surface area contributed by atoms with Gasteiger partial charge in [0.1, 0.15) is 11.5 Å². The summed E-state index contributed by atoms with van der Waals surface area (Å²) in [6, 6.07) is 16.8. The largest absolute Gasteiger partial charge is 0.507 e. The van der Waals surface area contributed by atoms with E-state index in [1.807, 2.05) is 27.7 Å². The molecule has 3 aromatic carbocycles. The van der Waals surface area contributed by atoms with E-state index >= 15 is 0 Å². The maximum absolute atomic E-state index is 10.2. The van der Waals surface area contributed by atoms with Gasteiger partial charge in [0.25, 0.3) is 0 Å². The van der Waals surface area contributed by atoms with E-state index in [-0.39, 0.29) is 5.92 Å². The van der Waals surface area contributed by atoms with E-state index in [1.165, 1.54) is 11.1 Å². The maximum atomic E-state index is 10.2. The summed E-state index contributed by atoms with van der Waals surface area (Å²) in [6.45, 7) is 9.85. The summed E-state index contributed by atoms with van der Waals surface area (Å²) < 4.78 is 0. The molecule has 0 aromatic heterocycles. The second-order valence-corrected chi connectivity index (χ2v) is 7.35. The quantitative estimate of drug-likeness (QED) is 0.587. The molecule has 0 heterocycles. The van der Waals surface area contributed by atoms with Crippen LogP contribution >= 0.6 is 0 Å². The van der Waals surface area contributed by atoms with Gasteiger partial charge in [-0.3, -0.25) is 0 Å². The summed E-state index contributed by atoms with van der Waals surface area (Å²) in [5, 5.41) is 20.4. The average molecular weight is 346 g/mol. The number of hydrogen-bond donors (Lipinski definition) is 2. The van der Waals surface area contributed by atoms with Crippen LogP contribution in [0.4, 0.5) is 0 Å². The van der Waals surface area contributed by atoms with E-state index in [1.54, 1.807) is 0 Å². The molecule has 0 atom stereocenters. The lowest BCUT2D eigenvalue weighted by Gasteiger charge is -2.22. The van der Waals surface area contributed by atoms with E-state index in [2.05, 4.69) is 55.5 Å². The van der Waals surface area contributed by atoms with Crippen molar-refractivity contribution in [2.45, 2.75) is 40.5 Å². The summed E-state index contributed by atoms with van der Waals surface area (Å²) >= 11 is 0. The molecular weight excluding hydrogens is 320 g/mol. The lowest BCUT2D eigenvalue weighted by Crippen LogP contribution is -2.06. The Kier molecular flexibility index (Phi) is 4.78. The van der Waals surface area contributed by atoms with Crippen molar-refractivity contribution in [3.63, 3.8) is 0 Å².